The van der Waals surface area contributed by atoms with Gasteiger partial charge in [-0.1, -0.05) is 38.5 Å². The molecule has 0 spiro atoms. The lowest BCUT2D eigenvalue weighted by atomic mass is 9.72. The highest BCUT2D eigenvalue weighted by Gasteiger charge is 2.48. The summed E-state index contributed by atoms with van der Waals surface area (Å²) in [6, 6.07) is 0. The van der Waals surface area contributed by atoms with Crippen molar-refractivity contribution in [2.45, 2.75) is 46.5 Å². The third-order valence-corrected chi connectivity index (χ3v) is 4.54. The summed E-state index contributed by atoms with van der Waals surface area (Å²) >= 11 is 0. The fourth-order valence-electron chi connectivity index (χ4n) is 3.41. The lowest BCUT2D eigenvalue weighted by Gasteiger charge is -2.32. The molecule has 2 fully saturated rings. The lowest BCUT2D eigenvalue weighted by Crippen LogP contribution is -2.22. The molecule has 88 valence electrons. The molecule has 2 atom stereocenters. The summed E-state index contributed by atoms with van der Waals surface area (Å²) in [6.45, 7) is 6.62. The molecule has 2 unspecified atom stereocenters. The van der Waals surface area contributed by atoms with Gasteiger partial charge in [0.1, 0.15) is 0 Å². The Morgan fingerprint density at radius 3 is 2.75 bits per heavy atom. The monoisotopic (exact) mass is 218 g/mol. The maximum absolute atomic E-state index is 11.2. The Bertz CT molecular complexity index is 346. The molecule has 0 N–H and O–H groups in total. The predicted octanol–water partition coefficient (Wildman–Crippen LogP) is 3.90. The van der Waals surface area contributed by atoms with Crippen LogP contribution in [0.1, 0.15) is 46.5 Å². The Hall–Kier alpha value is -0.850. The van der Waals surface area contributed by atoms with Gasteiger partial charge in [-0.05, 0) is 42.6 Å². The number of fused-ring (bicyclic) bond motifs is 2. The van der Waals surface area contributed by atoms with Crippen LogP contribution in [0.25, 0.3) is 0 Å². The fourth-order valence-corrected chi connectivity index (χ4v) is 3.41. The molecule has 1 nitrogen and oxygen atoms in total. The molecule has 1 heteroatoms. The van der Waals surface area contributed by atoms with E-state index in [-0.39, 0.29) is 5.78 Å². The molecule has 0 aliphatic heterocycles. The van der Waals surface area contributed by atoms with Gasteiger partial charge in [-0.25, -0.2) is 0 Å². The summed E-state index contributed by atoms with van der Waals surface area (Å²) in [5, 5.41) is 0. The van der Waals surface area contributed by atoms with Crippen LogP contribution in [0, 0.1) is 17.3 Å². The van der Waals surface area contributed by atoms with E-state index >= 15 is 0 Å². The summed E-state index contributed by atoms with van der Waals surface area (Å²) in [7, 11) is 0. The van der Waals surface area contributed by atoms with Crippen molar-refractivity contribution in [2.24, 2.45) is 17.3 Å². The number of rotatable bonds is 3. The van der Waals surface area contributed by atoms with Gasteiger partial charge in [0.15, 0.2) is 5.78 Å². The minimum absolute atomic E-state index is 0.220. The van der Waals surface area contributed by atoms with Crippen LogP contribution in [-0.2, 0) is 4.79 Å². The SMILES string of the molecule is CCC(=O)C=CC=C1C2CCC(C2)C1(C)C. The maximum atomic E-state index is 11.2. The van der Waals surface area contributed by atoms with Crippen molar-refractivity contribution >= 4 is 5.78 Å². The summed E-state index contributed by atoms with van der Waals surface area (Å²) < 4.78 is 0. The van der Waals surface area contributed by atoms with Crippen molar-refractivity contribution in [3.05, 3.63) is 23.8 Å². The molecule has 2 saturated carbocycles. The molecule has 0 heterocycles. The van der Waals surface area contributed by atoms with E-state index < -0.39 is 0 Å². The molecule has 2 bridgehead atoms. The van der Waals surface area contributed by atoms with Gasteiger partial charge in [0, 0.05) is 6.42 Å². The Morgan fingerprint density at radius 2 is 2.19 bits per heavy atom. The molecule has 0 aromatic rings. The largest absolute Gasteiger partial charge is 0.295 e. The van der Waals surface area contributed by atoms with Gasteiger partial charge < -0.3 is 0 Å². The van der Waals surface area contributed by atoms with Crippen LogP contribution < -0.4 is 0 Å². The molecular weight excluding hydrogens is 196 g/mol. The molecule has 0 amide bonds. The number of carbonyl (C=O) groups excluding carboxylic acids is 1. The normalized spacial score (nSPS) is 34.1. The minimum Gasteiger partial charge on any atom is -0.295 e. The van der Waals surface area contributed by atoms with Crippen LogP contribution in [0.4, 0.5) is 0 Å². The summed E-state index contributed by atoms with van der Waals surface area (Å²) in [5.74, 6) is 1.89. The molecule has 0 saturated heterocycles. The number of hydrogen-bond acceptors (Lipinski definition) is 1. The number of hydrogen-bond donors (Lipinski definition) is 0. The zero-order valence-corrected chi connectivity index (χ0v) is 10.6. The van der Waals surface area contributed by atoms with Crippen molar-refractivity contribution in [1.82, 2.24) is 0 Å². The average molecular weight is 218 g/mol. The molecule has 2 rings (SSSR count). The van der Waals surface area contributed by atoms with Crippen LogP contribution >= 0.6 is 0 Å². The predicted molar refractivity (Wildman–Crippen MR) is 67.1 cm³/mol. The quantitative estimate of drug-likeness (QED) is 0.656. The van der Waals surface area contributed by atoms with Crippen molar-refractivity contribution in [1.29, 1.82) is 0 Å². The van der Waals surface area contributed by atoms with Crippen molar-refractivity contribution < 1.29 is 4.79 Å². The van der Waals surface area contributed by atoms with Crippen molar-refractivity contribution in [2.75, 3.05) is 0 Å². The summed E-state index contributed by atoms with van der Waals surface area (Å²) in [4.78, 5) is 11.2. The average Bonchev–Trinajstić information content (AvgIpc) is 2.79. The maximum Gasteiger partial charge on any atom is 0.155 e. The number of ketones is 1. The van der Waals surface area contributed by atoms with Crippen LogP contribution in [0.2, 0.25) is 0 Å². The van der Waals surface area contributed by atoms with Crippen molar-refractivity contribution in [3.63, 3.8) is 0 Å². The van der Waals surface area contributed by atoms with E-state index in [1.165, 1.54) is 19.3 Å². The summed E-state index contributed by atoms with van der Waals surface area (Å²) in [6.07, 6.45) is 10.6. The molecule has 2 aliphatic carbocycles. The zero-order chi connectivity index (χ0) is 11.8. The summed E-state index contributed by atoms with van der Waals surface area (Å²) in [5.41, 5.74) is 1.94. The van der Waals surface area contributed by atoms with Gasteiger partial charge in [0.05, 0.1) is 0 Å². The Labute approximate surface area is 98.6 Å². The molecule has 0 aromatic carbocycles. The van der Waals surface area contributed by atoms with Crippen LogP contribution in [0.15, 0.2) is 23.8 Å². The highest BCUT2D eigenvalue weighted by atomic mass is 16.1. The molecule has 0 radical (unpaired) electrons. The van der Waals surface area contributed by atoms with Crippen molar-refractivity contribution in [3.8, 4) is 0 Å². The molecular formula is C15H22O. The second-order valence-electron chi connectivity index (χ2n) is 5.73. The first-order valence-electron chi connectivity index (χ1n) is 6.47. The molecule has 16 heavy (non-hydrogen) atoms. The van der Waals surface area contributed by atoms with Gasteiger partial charge in [-0.2, -0.15) is 0 Å². The highest BCUT2D eigenvalue weighted by molar-refractivity contribution is 5.89. The number of allylic oxidation sites excluding steroid dienone is 4. The van der Waals surface area contributed by atoms with E-state index in [1.807, 2.05) is 13.0 Å². The van der Waals surface area contributed by atoms with Gasteiger partial charge in [0.25, 0.3) is 0 Å². The number of carbonyl (C=O) groups is 1. The van der Waals surface area contributed by atoms with Crippen LogP contribution in [0.3, 0.4) is 0 Å². The first-order valence-corrected chi connectivity index (χ1v) is 6.47. The van der Waals surface area contributed by atoms with Crippen LogP contribution in [0.5, 0.6) is 0 Å². The topological polar surface area (TPSA) is 17.1 Å². The standard InChI is InChI=1S/C15H22O/c1-4-13(16)6-5-7-14-11-8-9-12(10-11)15(14,2)3/h5-7,11-12H,4,8-10H2,1-3H3. The van der Waals surface area contributed by atoms with Gasteiger partial charge in [-0.3, -0.25) is 4.79 Å². The highest BCUT2D eigenvalue weighted by Crippen LogP contribution is 2.58. The second-order valence-corrected chi connectivity index (χ2v) is 5.73. The van der Waals surface area contributed by atoms with Gasteiger partial charge in [-0.15, -0.1) is 0 Å². The van der Waals surface area contributed by atoms with Gasteiger partial charge in [0.2, 0.25) is 0 Å². The van der Waals surface area contributed by atoms with E-state index in [9.17, 15) is 4.79 Å². The zero-order valence-electron chi connectivity index (χ0n) is 10.6. The fraction of sp³-hybridized carbons (Fsp3) is 0.667. The molecule has 0 aromatic heterocycles. The Morgan fingerprint density at radius 1 is 1.44 bits per heavy atom. The molecule has 2 aliphatic rings. The first kappa shape index (κ1) is 11.6. The smallest absolute Gasteiger partial charge is 0.155 e. The van der Waals surface area contributed by atoms with Crippen LogP contribution in [-0.4, -0.2) is 5.78 Å². The van der Waals surface area contributed by atoms with E-state index in [0.717, 1.165) is 11.8 Å². The van der Waals surface area contributed by atoms with E-state index in [1.54, 1.807) is 11.6 Å². The Kier molecular flexibility index (Phi) is 3.05. The third kappa shape index (κ3) is 1.88. The minimum atomic E-state index is 0.220. The third-order valence-electron chi connectivity index (χ3n) is 4.54. The van der Waals surface area contributed by atoms with E-state index in [2.05, 4.69) is 19.9 Å². The Balaban J connectivity index is 2.12. The second kappa shape index (κ2) is 4.20. The van der Waals surface area contributed by atoms with E-state index in [4.69, 9.17) is 0 Å². The van der Waals surface area contributed by atoms with Gasteiger partial charge >= 0.3 is 0 Å². The van der Waals surface area contributed by atoms with E-state index in [0.29, 0.717) is 11.8 Å². The first-order chi connectivity index (χ1) is 7.55. The lowest BCUT2D eigenvalue weighted by molar-refractivity contribution is -0.114.